The molecule has 0 heterocycles. The van der Waals surface area contributed by atoms with Crippen LogP contribution in [-0.4, -0.2) is 29.5 Å². The third-order valence-corrected chi connectivity index (χ3v) is 4.21. The van der Waals surface area contributed by atoms with Crippen LogP contribution in [0.25, 0.3) is 0 Å². The highest BCUT2D eigenvalue weighted by Gasteiger charge is 2.10. The van der Waals surface area contributed by atoms with Crippen LogP contribution in [0.1, 0.15) is 25.0 Å². The number of non-ortho nitro benzene ring substituents is 1. The zero-order valence-corrected chi connectivity index (χ0v) is 15.4. The topological polar surface area (TPSA) is 55.6 Å². The highest BCUT2D eigenvalue weighted by molar-refractivity contribution is 5.35. The Morgan fingerprint density at radius 1 is 1.19 bits per heavy atom. The van der Waals surface area contributed by atoms with Crippen LogP contribution in [0, 0.1) is 22.0 Å². The summed E-state index contributed by atoms with van der Waals surface area (Å²) in [4.78, 5) is 12.7. The molecule has 0 radical (unpaired) electrons. The van der Waals surface area contributed by atoms with Crippen LogP contribution >= 0.6 is 0 Å². The number of nitro benzene ring substituents is 1. The summed E-state index contributed by atoms with van der Waals surface area (Å²) in [5.74, 6) is 6.76. The Kier molecular flexibility index (Phi) is 7.19. The van der Waals surface area contributed by atoms with Gasteiger partial charge in [-0.3, -0.25) is 15.0 Å². The molecule has 1 atom stereocenters. The van der Waals surface area contributed by atoms with Crippen molar-refractivity contribution >= 4 is 5.69 Å². The zero-order valence-electron chi connectivity index (χ0n) is 15.4. The Bertz CT molecular complexity index is 808. The van der Waals surface area contributed by atoms with Gasteiger partial charge in [-0.2, -0.15) is 0 Å². The molecule has 0 aromatic heterocycles. The summed E-state index contributed by atoms with van der Waals surface area (Å²) >= 11 is 0. The fourth-order valence-electron chi connectivity index (χ4n) is 2.55. The Morgan fingerprint density at radius 2 is 1.92 bits per heavy atom. The number of ether oxygens (including phenoxy) is 1. The standard InChI is InChI=1S/C21H24N2O3/c1-4-5-12-22(3)17(2)13-18-8-7-11-21(15-18)26-16-19-9-6-10-20(14-19)23(24)25/h6-11,14-15,17H,12-13,16H2,1-3H3/t17-/m1/s1. The van der Waals surface area contributed by atoms with E-state index in [-0.39, 0.29) is 5.69 Å². The number of hydrogen-bond donors (Lipinski definition) is 0. The van der Waals surface area contributed by atoms with Crippen LogP contribution in [0.5, 0.6) is 5.75 Å². The van der Waals surface area contributed by atoms with E-state index in [0.717, 1.165) is 24.3 Å². The van der Waals surface area contributed by atoms with Crippen molar-refractivity contribution < 1.29 is 9.66 Å². The highest BCUT2D eigenvalue weighted by Crippen LogP contribution is 2.19. The van der Waals surface area contributed by atoms with E-state index in [1.165, 1.54) is 17.7 Å². The molecular weight excluding hydrogens is 328 g/mol. The van der Waals surface area contributed by atoms with Gasteiger partial charge in [-0.15, -0.1) is 5.92 Å². The minimum absolute atomic E-state index is 0.0758. The monoisotopic (exact) mass is 352 g/mol. The number of nitrogens with zero attached hydrogens (tertiary/aromatic N) is 2. The van der Waals surface area contributed by atoms with Gasteiger partial charge in [0.1, 0.15) is 12.4 Å². The molecule has 0 fully saturated rings. The predicted octanol–water partition coefficient (Wildman–Crippen LogP) is 4.06. The van der Waals surface area contributed by atoms with Crippen molar-refractivity contribution in [3.63, 3.8) is 0 Å². The summed E-state index contributed by atoms with van der Waals surface area (Å²) in [7, 11) is 2.07. The molecule has 136 valence electrons. The van der Waals surface area contributed by atoms with E-state index >= 15 is 0 Å². The van der Waals surface area contributed by atoms with Crippen LogP contribution in [0.2, 0.25) is 0 Å². The molecule has 2 aromatic rings. The maximum atomic E-state index is 10.8. The second kappa shape index (κ2) is 9.59. The summed E-state index contributed by atoms with van der Waals surface area (Å²) < 4.78 is 5.82. The number of likely N-dealkylation sites (N-methyl/N-ethyl adjacent to an activating group) is 1. The third-order valence-electron chi connectivity index (χ3n) is 4.21. The molecule has 0 amide bonds. The van der Waals surface area contributed by atoms with Gasteiger partial charge >= 0.3 is 0 Å². The molecule has 0 spiro atoms. The van der Waals surface area contributed by atoms with Crippen LogP contribution in [0.3, 0.4) is 0 Å². The second-order valence-corrected chi connectivity index (χ2v) is 6.26. The van der Waals surface area contributed by atoms with E-state index in [2.05, 4.69) is 36.8 Å². The molecule has 2 aromatic carbocycles. The fourth-order valence-corrected chi connectivity index (χ4v) is 2.55. The van der Waals surface area contributed by atoms with Crippen molar-refractivity contribution in [3.05, 3.63) is 69.8 Å². The second-order valence-electron chi connectivity index (χ2n) is 6.26. The van der Waals surface area contributed by atoms with Gasteiger partial charge in [-0.25, -0.2) is 0 Å². The van der Waals surface area contributed by atoms with Crippen molar-refractivity contribution in [3.8, 4) is 17.6 Å². The molecule has 0 saturated carbocycles. The maximum absolute atomic E-state index is 10.8. The largest absolute Gasteiger partial charge is 0.489 e. The molecule has 0 aliphatic heterocycles. The first-order valence-corrected chi connectivity index (χ1v) is 8.54. The van der Waals surface area contributed by atoms with Crippen LogP contribution in [0.4, 0.5) is 5.69 Å². The molecule has 5 nitrogen and oxygen atoms in total. The van der Waals surface area contributed by atoms with E-state index < -0.39 is 4.92 Å². The fraction of sp³-hybridized carbons (Fsp3) is 0.333. The first-order chi connectivity index (χ1) is 12.5. The average Bonchev–Trinajstić information content (AvgIpc) is 2.65. The Morgan fingerprint density at radius 3 is 2.65 bits per heavy atom. The lowest BCUT2D eigenvalue weighted by Crippen LogP contribution is -2.31. The molecule has 0 aliphatic rings. The quantitative estimate of drug-likeness (QED) is 0.408. The number of nitro groups is 1. The van der Waals surface area contributed by atoms with Gasteiger partial charge in [0.25, 0.3) is 5.69 Å². The first-order valence-electron chi connectivity index (χ1n) is 8.54. The SMILES string of the molecule is CC#CCN(C)[C@H](C)Cc1cccc(OCc2cccc([N+](=O)[O-])c2)c1. The molecule has 0 bridgehead atoms. The normalized spacial score (nSPS) is 11.5. The summed E-state index contributed by atoms with van der Waals surface area (Å²) in [5, 5.41) is 10.8. The van der Waals surface area contributed by atoms with Crippen molar-refractivity contribution in [2.75, 3.05) is 13.6 Å². The molecule has 2 rings (SSSR count). The zero-order chi connectivity index (χ0) is 18.9. The smallest absolute Gasteiger partial charge is 0.269 e. The van der Waals surface area contributed by atoms with Crippen LogP contribution in [-0.2, 0) is 13.0 Å². The first kappa shape index (κ1) is 19.5. The van der Waals surface area contributed by atoms with E-state index in [0.29, 0.717) is 12.6 Å². The molecular formula is C21H24N2O3. The van der Waals surface area contributed by atoms with Crippen molar-refractivity contribution in [1.82, 2.24) is 4.90 Å². The molecule has 0 saturated heterocycles. The van der Waals surface area contributed by atoms with Gasteiger partial charge in [0.05, 0.1) is 11.5 Å². The minimum atomic E-state index is -0.398. The average molecular weight is 352 g/mol. The number of rotatable bonds is 8. The molecule has 0 N–H and O–H groups in total. The van der Waals surface area contributed by atoms with Crippen LogP contribution < -0.4 is 4.74 Å². The summed E-state index contributed by atoms with van der Waals surface area (Å²) in [5.41, 5.74) is 2.04. The van der Waals surface area contributed by atoms with Gasteiger partial charge in [-0.1, -0.05) is 30.2 Å². The van der Waals surface area contributed by atoms with Gasteiger partial charge in [0, 0.05) is 18.2 Å². The molecule has 0 aliphatic carbocycles. The van der Waals surface area contributed by atoms with Crippen LogP contribution in [0.15, 0.2) is 48.5 Å². The lowest BCUT2D eigenvalue weighted by molar-refractivity contribution is -0.384. The van der Waals surface area contributed by atoms with Crippen molar-refractivity contribution in [1.29, 1.82) is 0 Å². The summed E-state index contributed by atoms with van der Waals surface area (Å²) in [6.07, 6.45) is 0.899. The van der Waals surface area contributed by atoms with Gasteiger partial charge in [0.2, 0.25) is 0 Å². The minimum Gasteiger partial charge on any atom is -0.489 e. The Balaban J connectivity index is 1.97. The highest BCUT2D eigenvalue weighted by atomic mass is 16.6. The Labute approximate surface area is 154 Å². The molecule has 26 heavy (non-hydrogen) atoms. The van der Waals surface area contributed by atoms with E-state index in [4.69, 9.17) is 4.74 Å². The molecule has 0 unspecified atom stereocenters. The summed E-state index contributed by atoms with van der Waals surface area (Å²) in [6.45, 7) is 5.07. The molecule has 5 heteroatoms. The lowest BCUT2D eigenvalue weighted by Gasteiger charge is -2.22. The lowest BCUT2D eigenvalue weighted by atomic mass is 10.1. The maximum Gasteiger partial charge on any atom is 0.269 e. The van der Waals surface area contributed by atoms with Crippen molar-refractivity contribution in [2.45, 2.75) is 32.9 Å². The van der Waals surface area contributed by atoms with Gasteiger partial charge in [-0.05, 0) is 50.6 Å². The van der Waals surface area contributed by atoms with Crippen molar-refractivity contribution in [2.24, 2.45) is 0 Å². The predicted molar refractivity (Wildman–Crippen MR) is 103 cm³/mol. The Hall–Kier alpha value is -2.84. The van der Waals surface area contributed by atoms with Gasteiger partial charge < -0.3 is 4.74 Å². The van der Waals surface area contributed by atoms with E-state index in [1.807, 2.05) is 31.2 Å². The van der Waals surface area contributed by atoms with E-state index in [9.17, 15) is 10.1 Å². The number of benzene rings is 2. The summed E-state index contributed by atoms with van der Waals surface area (Å²) in [6, 6.07) is 14.8. The van der Waals surface area contributed by atoms with Gasteiger partial charge in [0.15, 0.2) is 0 Å². The number of hydrogen-bond acceptors (Lipinski definition) is 4. The van der Waals surface area contributed by atoms with E-state index in [1.54, 1.807) is 6.07 Å². The third kappa shape index (κ3) is 5.91.